The molecule has 2 heterocycles. The number of hydrogen-bond donors (Lipinski definition) is 0. The molecule has 2 aliphatic heterocycles. The van der Waals surface area contributed by atoms with Crippen molar-refractivity contribution in [2.24, 2.45) is 0 Å². The molecule has 0 radical (unpaired) electrons. The van der Waals surface area contributed by atoms with Crippen LogP contribution >= 0.6 is 11.6 Å². The number of rotatable bonds is 3. The molecule has 2 atom stereocenters. The highest BCUT2D eigenvalue weighted by Crippen LogP contribution is 2.41. The van der Waals surface area contributed by atoms with E-state index < -0.39 is 11.7 Å². The van der Waals surface area contributed by atoms with Gasteiger partial charge in [0.1, 0.15) is 0 Å². The molecule has 5 heteroatoms. The highest BCUT2D eigenvalue weighted by molar-refractivity contribution is 6.31. The number of alkyl halides is 3. The second kappa shape index (κ2) is 7.33. The zero-order valence-electron chi connectivity index (χ0n) is 14.8. The minimum absolute atomic E-state index is 0.242. The van der Waals surface area contributed by atoms with Crippen LogP contribution in [-0.4, -0.2) is 17.0 Å². The minimum atomic E-state index is -4.43. The molecule has 1 nitrogen and oxygen atoms in total. The van der Waals surface area contributed by atoms with Gasteiger partial charge in [0.15, 0.2) is 0 Å². The molecule has 2 aliphatic rings. The zero-order chi connectivity index (χ0) is 19.0. The van der Waals surface area contributed by atoms with Crippen LogP contribution in [0.4, 0.5) is 13.2 Å². The van der Waals surface area contributed by atoms with E-state index in [0.717, 1.165) is 31.4 Å². The summed E-state index contributed by atoms with van der Waals surface area (Å²) in [5.41, 5.74) is 2.18. The average Bonchev–Trinajstić information content (AvgIpc) is 2.62. The van der Waals surface area contributed by atoms with Gasteiger partial charge in [0, 0.05) is 18.6 Å². The first-order chi connectivity index (χ1) is 12.9. The zero-order valence-corrected chi connectivity index (χ0v) is 15.6. The second-order valence-corrected chi connectivity index (χ2v) is 7.81. The Balaban J connectivity index is 1.63. The third-order valence-electron chi connectivity index (χ3n) is 5.63. The molecule has 0 N–H and O–H groups in total. The van der Waals surface area contributed by atoms with Crippen molar-refractivity contribution in [3.8, 4) is 0 Å². The first-order valence-corrected chi connectivity index (χ1v) is 9.67. The van der Waals surface area contributed by atoms with Crippen LogP contribution in [-0.2, 0) is 12.7 Å². The topological polar surface area (TPSA) is 3.24 Å². The molecule has 142 valence electrons. The molecule has 2 aromatic carbocycles. The summed E-state index contributed by atoms with van der Waals surface area (Å²) in [4.78, 5) is 2.50. The SMILES string of the molecule is FC(F)(F)c1cc(C2=CC3CCCC(C2)N3Cc2ccccc2)ccc1Cl. The fraction of sp³-hybridized carbons (Fsp3) is 0.364. The van der Waals surface area contributed by atoms with Crippen molar-refractivity contribution in [2.45, 2.75) is 50.5 Å². The lowest BCUT2D eigenvalue weighted by molar-refractivity contribution is -0.137. The standard InChI is InChI=1S/C22H21ClF3N/c23-21-10-9-16(13-20(21)22(24,25)26)17-11-18-7-4-8-19(12-17)27(18)14-15-5-2-1-3-6-15/h1-3,5-6,9-11,13,18-19H,4,7-8,12,14H2. The van der Waals surface area contributed by atoms with Crippen LogP contribution < -0.4 is 0 Å². The Labute approximate surface area is 162 Å². The Bertz CT molecular complexity index is 844. The molecule has 0 aromatic heterocycles. The van der Waals surface area contributed by atoms with Gasteiger partial charge in [0.2, 0.25) is 0 Å². The van der Waals surface area contributed by atoms with Crippen LogP contribution in [0.25, 0.3) is 5.57 Å². The number of halogens is 4. The van der Waals surface area contributed by atoms with Crippen molar-refractivity contribution in [3.63, 3.8) is 0 Å². The summed E-state index contributed by atoms with van der Waals surface area (Å²) in [6.07, 6.45) is 1.81. The van der Waals surface area contributed by atoms with E-state index in [2.05, 4.69) is 23.1 Å². The molecule has 0 amide bonds. The van der Waals surface area contributed by atoms with Gasteiger partial charge in [-0.3, -0.25) is 4.90 Å². The highest BCUT2D eigenvalue weighted by atomic mass is 35.5. The van der Waals surface area contributed by atoms with Gasteiger partial charge in [-0.1, -0.05) is 60.5 Å². The van der Waals surface area contributed by atoms with Crippen LogP contribution in [0.3, 0.4) is 0 Å². The van der Waals surface area contributed by atoms with Gasteiger partial charge in [0.25, 0.3) is 0 Å². The summed E-state index contributed by atoms with van der Waals surface area (Å²) in [6, 6.07) is 15.3. The molecule has 2 unspecified atom stereocenters. The molecule has 0 aliphatic carbocycles. The second-order valence-electron chi connectivity index (χ2n) is 7.40. The Morgan fingerprint density at radius 1 is 1.04 bits per heavy atom. The third kappa shape index (κ3) is 3.92. The number of nitrogens with zero attached hydrogens (tertiary/aromatic N) is 1. The van der Waals surface area contributed by atoms with Crippen LogP contribution in [0.1, 0.15) is 42.4 Å². The van der Waals surface area contributed by atoms with Crippen LogP contribution in [0, 0.1) is 0 Å². The number of hydrogen-bond acceptors (Lipinski definition) is 1. The molecule has 0 spiro atoms. The third-order valence-corrected chi connectivity index (χ3v) is 5.96. The molecular formula is C22H21ClF3N. The normalized spacial score (nSPS) is 23.2. The molecular weight excluding hydrogens is 371 g/mol. The van der Waals surface area contributed by atoms with E-state index in [9.17, 15) is 13.2 Å². The molecule has 0 saturated carbocycles. The van der Waals surface area contributed by atoms with Crippen molar-refractivity contribution >= 4 is 17.2 Å². The monoisotopic (exact) mass is 391 g/mol. The Morgan fingerprint density at radius 3 is 2.52 bits per heavy atom. The number of fused-ring (bicyclic) bond motifs is 2. The summed E-state index contributed by atoms with van der Waals surface area (Å²) in [5, 5.41) is -0.242. The Hall–Kier alpha value is -1.78. The van der Waals surface area contributed by atoms with Gasteiger partial charge < -0.3 is 0 Å². The maximum absolute atomic E-state index is 13.2. The first-order valence-electron chi connectivity index (χ1n) is 9.29. The lowest BCUT2D eigenvalue weighted by Gasteiger charge is -2.45. The van der Waals surface area contributed by atoms with Gasteiger partial charge in [0.05, 0.1) is 10.6 Å². The van der Waals surface area contributed by atoms with Crippen LogP contribution in [0.15, 0.2) is 54.6 Å². The van der Waals surface area contributed by atoms with E-state index in [0.29, 0.717) is 11.6 Å². The van der Waals surface area contributed by atoms with Gasteiger partial charge in [-0.05, 0) is 48.1 Å². The number of benzene rings is 2. The molecule has 1 saturated heterocycles. The fourth-order valence-electron chi connectivity index (χ4n) is 4.31. The summed E-state index contributed by atoms with van der Waals surface area (Å²) in [6.45, 7) is 0.883. The lowest BCUT2D eigenvalue weighted by Crippen LogP contribution is -2.47. The van der Waals surface area contributed by atoms with E-state index in [1.165, 1.54) is 24.1 Å². The molecule has 27 heavy (non-hydrogen) atoms. The first kappa shape index (κ1) is 18.6. The Morgan fingerprint density at radius 2 is 1.81 bits per heavy atom. The van der Waals surface area contributed by atoms with E-state index in [1.54, 1.807) is 6.07 Å². The predicted octanol–water partition coefficient (Wildman–Crippen LogP) is 6.57. The average molecular weight is 392 g/mol. The molecule has 4 rings (SSSR count). The molecule has 2 bridgehead atoms. The maximum Gasteiger partial charge on any atom is 0.417 e. The minimum Gasteiger partial charge on any atom is -0.289 e. The summed E-state index contributed by atoms with van der Waals surface area (Å²) < 4.78 is 39.7. The van der Waals surface area contributed by atoms with E-state index >= 15 is 0 Å². The molecule has 1 fully saturated rings. The van der Waals surface area contributed by atoms with Crippen LogP contribution in [0.5, 0.6) is 0 Å². The fourth-order valence-corrected chi connectivity index (χ4v) is 4.54. The van der Waals surface area contributed by atoms with Crippen molar-refractivity contribution in [2.75, 3.05) is 0 Å². The van der Waals surface area contributed by atoms with Crippen molar-refractivity contribution in [3.05, 3.63) is 76.3 Å². The highest BCUT2D eigenvalue weighted by Gasteiger charge is 2.36. The summed E-state index contributed by atoms with van der Waals surface area (Å²) >= 11 is 5.78. The largest absolute Gasteiger partial charge is 0.417 e. The Kier molecular flexibility index (Phi) is 5.04. The predicted molar refractivity (Wildman–Crippen MR) is 102 cm³/mol. The number of piperidine rings is 1. The lowest BCUT2D eigenvalue weighted by atomic mass is 9.82. The van der Waals surface area contributed by atoms with Gasteiger partial charge in [-0.25, -0.2) is 0 Å². The quantitative estimate of drug-likeness (QED) is 0.572. The van der Waals surface area contributed by atoms with Gasteiger partial charge in [-0.15, -0.1) is 0 Å². The van der Waals surface area contributed by atoms with Crippen molar-refractivity contribution < 1.29 is 13.2 Å². The van der Waals surface area contributed by atoms with Crippen LogP contribution in [0.2, 0.25) is 5.02 Å². The molecule has 2 aromatic rings. The van der Waals surface area contributed by atoms with E-state index in [4.69, 9.17) is 11.6 Å². The van der Waals surface area contributed by atoms with Crippen molar-refractivity contribution in [1.82, 2.24) is 4.90 Å². The van der Waals surface area contributed by atoms with E-state index in [1.807, 2.05) is 18.2 Å². The maximum atomic E-state index is 13.2. The summed E-state index contributed by atoms with van der Waals surface area (Å²) in [7, 11) is 0. The van der Waals surface area contributed by atoms with E-state index in [-0.39, 0.29) is 11.1 Å². The van der Waals surface area contributed by atoms with Gasteiger partial charge >= 0.3 is 6.18 Å². The summed E-state index contributed by atoms with van der Waals surface area (Å²) in [5.74, 6) is 0. The smallest absolute Gasteiger partial charge is 0.289 e. The van der Waals surface area contributed by atoms with Crippen molar-refractivity contribution in [1.29, 1.82) is 0 Å². The van der Waals surface area contributed by atoms with Gasteiger partial charge in [-0.2, -0.15) is 13.2 Å².